The van der Waals surface area contributed by atoms with E-state index >= 15 is 0 Å². The van der Waals surface area contributed by atoms with Crippen LogP contribution < -0.4 is 15.4 Å². The van der Waals surface area contributed by atoms with E-state index in [0.29, 0.717) is 22.2 Å². The second-order valence-corrected chi connectivity index (χ2v) is 7.49. The SMILES string of the molecule is O=C(CNC(c1ccccc1)c1ccccn1)Nc1ccc(Oc2ccccc2Cl)cc1. The van der Waals surface area contributed by atoms with Gasteiger partial charge >= 0.3 is 0 Å². The van der Waals surface area contributed by atoms with E-state index in [1.807, 2.05) is 60.7 Å². The molecule has 4 rings (SSSR count). The number of nitrogens with zero attached hydrogens (tertiary/aromatic N) is 1. The van der Waals surface area contributed by atoms with Crippen molar-refractivity contribution < 1.29 is 9.53 Å². The molecule has 1 amide bonds. The number of pyridine rings is 1. The molecule has 1 aromatic heterocycles. The Labute approximate surface area is 192 Å². The van der Waals surface area contributed by atoms with Crippen molar-refractivity contribution in [1.29, 1.82) is 0 Å². The average Bonchev–Trinajstić information content (AvgIpc) is 2.83. The number of aromatic nitrogens is 1. The highest BCUT2D eigenvalue weighted by molar-refractivity contribution is 6.32. The highest BCUT2D eigenvalue weighted by Crippen LogP contribution is 2.29. The van der Waals surface area contributed by atoms with Crippen LogP contribution in [0.2, 0.25) is 5.02 Å². The van der Waals surface area contributed by atoms with Gasteiger partial charge in [0.25, 0.3) is 0 Å². The van der Waals surface area contributed by atoms with Gasteiger partial charge in [-0.3, -0.25) is 15.1 Å². The molecule has 6 heteroatoms. The molecule has 0 aliphatic heterocycles. The number of hydrogen-bond donors (Lipinski definition) is 2. The normalized spacial score (nSPS) is 11.5. The lowest BCUT2D eigenvalue weighted by Crippen LogP contribution is -2.32. The van der Waals surface area contributed by atoms with Gasteiger partial charge in [-0.15, -0.1) is 0 Å². The predicted octanol–water partition coefficient (Wildman–Crippen LogP) is 5.85. The van der Waals surface area contributed by atoms with E-state index in [4.69, 9.17) is 16.3 Å². The second-order valence-electron chi connectivity index (χ2n) is 7.08. The number of amides is 1. The van der Waals surface area contributed by atoms with E-state index in [-0.39, 0.29) is 18.5 Å². The van der Waals surface area contributed by atoms with Gasteiger partial charge in [0.1, 0.15) is 11.5 Å². The molecule has 0 aliphatic carbocycles. The van der Waals surface area contributed by atoms with Crippen molar-refractivity contribution in [1.82, 2.24) is 10.3 Å². The van der Waals surface area contributed by atoms with Gasteiger partial charge in [-0.05, 0) is 54.1 Å². The molecule has 160 valence electrons. The smallest absolute Gasteiger partial charge is 0.238 e. The fourth-order valence-electron chi connectivity index (χ4n) is 3.25. The molecule has 0 saturated heterocycles. The summed E-state index contributed by atoms with van der Waals surface area (Å²) in [5, 5.41) is 6.75. The van der Waals surface area contributed by atoms with Gasteiger partial charge in [0, 0.05) is 11.9 Å². The van der Waals surface area contributed by atoms with Crippen LogP contribution >= 0.6 is 11.6 Å². The van der Waals surface area contributed by atoms with E-state index in [0.717, 1.165) is 11.3 Å². The van der Waals surface area contributed by atoms with Crippen molar-refractivity contribution in [2.24, 2.45) is 0 Å². The van der Waals surface area contributed by atoms with Gasteiger partial charge in [0.15, 0.2) is 0 Å². The number of hydrogen-bond acceptors (Lipinski definition) is 4. The number of ether oxygens (including phenoxy) is 1. The molecule has 0 bridgehead atoms. The molecule has 0 radical (unpaired) electrons. The molecule has 0 fully saturated rings. The summed E-state index contributed by atoms with van der Waals surface area (Å²) in [7, 11) is 0. The monoisotopic (exact) mass is 443 g/mol. The van der Waals surface area contributed by atoms with Crippen molar-refractivity contribution >= 4 is 23.2 Å². The van der Waals surface area contributed by atoms with Gasteiger partial charge < -0.3 is 10.1 Å². The molecule has 4 aromatic rings. The zero-order chi connectivity index (χ0) is 22.2. The fourth-order valence-corrected chi connectivity index (χ4v) is 3.42. The van der Waals surface area contributed by atoms with E-state index in [1.165, 1.54) is 0 Å². The summed E-state index contributed by atoms with van der Waals surface area (Å²) in [6.07, 6.45) is 1.75. The highest BCUT2D eigenvalue weighted by Gasteiger charge is 2.16. The molecule has 0 spiro atoms. The predicted molar refractivity (Wildman–Crippen MR) is 127 cm³/mol. The fraction of sp³-hybridized carbons (Fsp3) is 0.0769. The van der Waals surface area contributed by atoms with Crippen LogP contribution in [0.25, 0.3) is 0 Å². The number of carbonyl (C=O) groups is 1. The first kappa shape index (κ1) is 21.6. The van der Waals surface area contributed by atoms with Crippen LogP contribution in [-0.2, 0) is 4.79 Å². The van der Waals surface area contributed by atoms with Crippen LogP contribution in [0.3, 0.4) is 0 Å². The van der Waals surface area contributed by atoms with Crippen molar-refractivity contribution in [3.63, 3.8) is 0 Å². The number of benzene rings is 3. The topological polar surface area (TPSA) is 63.2 Å². The summed E-state index contributed by atoms with van der Waals surface area (Å²) in [6, 6.07) is 29.9. The molecule has 2 N–H and O–H groups in total. The summed E-state index contributed by atoms with van der Waals surface area (Å²) in [5.74, 6) is 1.06. The first-order valence-electron chi connectivity index (χ1n) is 10.2. The second kappa shape index (κ2) is 10.6. The van der Waals surface area contributed by atoms with Crippen molar-refractivity contribution in [2.45, 2.75) is 6.04 Å². The van der Waals surface area contributed by atoms with Crippen LogP contribution in [0, 0.1) is 0 Å². The number of para-hydroxylation sites is 1. The molecule has 3 aromatic carbocycles. The van der Waals surface area contributed by atoms with E-state index in [2.05, 4.69) is 15.6 Å². The third-order valence-corrected chi connectivity index (χ3v) is 5.10. The number of rotatable bonds is 8. The zero-order valence-electron chi connectivity index (χ0n) is 17.2. The van der Waals surface area contributed by atoms with Crippen LogP contribution in [0.5, 0.6) is 11.5 Å². The van der Waals surface area contributed by atoms with Gasteiger partial charge in [-0.25, -0.2) is 0 Å². The Balaban J connectivity index is 1.37. The first-order chi connectivity index (χ1) is 15.7. The molecule has 1 heterocycles. The maximum atomic E-state index is 12.6. The molecular formula is C26H22ClN3O2. The quantitative estimate of drug-likeness (QED) is 0.359. The van der Waals surface area contributed by atoms with Gasteiger partial charge in [-0.2, -0.15) is 0 Å². The van der Waals surface area contributed by atoms with Crippen LogP contribution in [-0.4, -0.2) is 17.4 Å². The standard InChI is InChI=1S/C26H22ClN3O2/c27-22-10-4-5-12-24(22)32-21-15-13-20(14-16-21)30-25(31)18-29-26(19-8-2-1-3-9-19)23-11-6-7-17-28-23/h1-17,26,29H,18H2,(H,30,31). The summed E-state index contributed by atoms with van der Waals surface area (Å²) in [6.45, 7) is 0.133. The third kappa shape index (κ3) is 5.72. The maximum absolute atomic E-state index is 12.6. The van der Waals surface area contributed by atoms with Gasteiger partial charge in [0.05, 0.1) is 23.3 Å². The molecule has 32 heavy (non-hydrogen) atoms. The van der Waals surface area contributed by atoms with Crippen LogP contribution in [0.4, 0.5) is 5.69 Å². The Kier molecular flexibility index (Phi) is 7.12. The summed E-state index contributed by atoms with van der Waals surface area (Å²) < 4.78 is 5.78. The molecule has 0 saturated carbocycles. The van der Waals surface area contributed by atoms with Crippen molar-refractivity contribution in [3.8, 4) is 11.5 Å². The zero-order valence-corrected chi connectivity index (χ0v) is 18.0. The van der Waals surface area contributed by atoms with Gasteiger partial charge in [0.2, 0.25) is 5.91 Å². The Morgan fingerprint density at radius 1 is 0.875 bits per heavy atom. The Morgan fingerprint density at radius 2 is 1.59 bits per heavy atom. The Hall–Kier alpha value is -3.67. The summed E-state index contributed by atoms with van der Waals surface area (Å²) in [4.78, 5) is 17.0. The highest BCUT2D eigenvalue weighted by atomic mass is 35.5. The van der Waals surface area contributed by atoms with E-state index in [1.54, 1.807) is 42.6 Å². The minimum Gasteiger partial charge on any atom is -0.456 e. The van der Waals surface area contributed by atoms with Gasteiger partial charge in [-0.1, -0.05) is 60.1 Å². The molecular weight excluding hydrogens is 422 g/mol. The minimum absolute atomic E-state index is 0.133. The number of halogens is 1. The van der Waals surface area contributed by atoms with E-state index in [9.17, 15) is 4.79 Å². The first-order valence-corrected chi connectivity index (χ1v) is 10.6. The lowest BCUT2D eigenvalue weighted by molar-refractivity contribution is -0.115. The summed E-state index contributed by atoms with van der Waals surface area (Å²) >= 11 is 6.13. The lowest BCUT2D eigenvalue weighted by atomic mass is 10.0. The summed E-state index contributed by atoms with van der Waals surface area (Å²) in [5.41, 5.74) is 2.57. The molecule has 5 nitrogen and oxygen atoms in total. The molecule has 1 unspecified atom stereocenters. The molecule has 0 aliphatic rings. The average molecular weight is 444 g/mol. The minimum atomic E-state index is -0.186. The number of anilines is 1. The Morgan fingerprint density at radius 3 is 2.31 bits per heavy atom. The Bertz CT molecular complexity index is 1110. The van der Waals surface area contributed by atoms with Crippen LogP contribution in [0.1, 0.15) is 17.3 Å². The molecule has 1 atom stereocenters. The largest absolute Gasteiger partial charge is 0.456 e. The third-order valence-electron chi connectivity index (χ3n) is 4.79. The van der Waals surface area contributed by atoms with Crippen LogP contribution in [0.15, 0.2) is 103 Å². The maximum Gasteiger partial charge on any atom is 0.238 e. The number of nitrogens with one attached hydrogen (secondary N) is 2. The number of carbonyl (C=O) groups excluding carboxylic acids is 1. The lowest BCUT2D eigenvalue weighted by Gasteiger charge is -2.18. The van der Waals surface area contributed by atoms with E-state index < -0.39 is 0 Å². The van der Waals surface area contributed by atoms with Crippen molar-refractivity contribution in [2.75, 3.05) is 11.9 Å². The van der Waals surface area contributed by atoms with Crippen molar-refractivity contribution in [3.05, 3.63) is 120 Å².